The monoisotopic (exact) mass is 562 g/mol. The second-order valence-corrected chi connectivity index (χ2v) is 13.3. The first kappa shape index (κ1) is 27.5. The van der Waals surface area contributed by atoms with E-state index in [1.54, 1.807) is 0 Å². The second-order valence-electron chi connectivity index (χ2n) is 11.3. The lowest BCUT2D eigenvalue weighted by Crippen LogP contribution is -2.61. The van der Waals surface area contributed by atoms with Crippen molar-refractivity contribution in [1.82, 2.24) is 9.80 Å². The number of carbonyl (C=O) groups is 1. The Bertz CT molecular complexity index is 1130. The molecule has 1 amide bonds. The summed E-state index contributed by atoms with van der Waals surface area (Å²) in [6.45, 7) is 1.11. The lowest BCUT2D eigenvalue weighted by Gasteiger charge is -2.48. The summed E-state index contributed by atoms with van der Waals surface area (Å²) in [5.41, 5.74) is -2.32. The van der Waals surface area contributed by atoms with Gasteiger partial charge >= 0.3 is 12.3 Å². The normalized spacial score (nSPS) is 29.6. The van der Waals surface area contributed by atoms with Crippen LogP contribution in [-0.4, -0.2) is 80.2 Å². The largest absolute Gasteiger partial charge is 0.490 e. The number of sulfone groups is 1. The van der Waals surface area contributed by atoms with Crippen molar-refractivity contribution in [2.75, 3.05) is 26.0 Å². The van der Waals surface area contributed by atoms with Crippen LogP contribution in [0.25, 0.3) is 0 Å². The van der Waals surface area contributed by atoms with Gasteiger partial charge < -0.3 is 14.4 Å². The number of hydrogen-bond donors (Lipinski definition) is 0. The third-order valence-corrected chi connectivity index (χ3v) is 9.91. The van der Waals surface area contributed by atoms with E-state index in [-0.39, 0.29) is 41.5 Å². The Morgan fingerprint density at radius 2 is 1.63 bits per heavy atom. The molecular weight excluding hydrogens is 528 g/mol. The summed E-state index contributed by atoms with van der Waals surface area (Å²) in [7, 11) is -3.49. The Balaban J connectivity index is 1.11. The number of alkyl halides is 3. The maximum absolute atomic E-state index is 14.3. The van der Waals surface area contributed by atoms with Crippen LogP contribution in [0.1, 0.15) is 57.8 Å². The van der Waals surface area contributed by atoms with Gasteiger partial charge in [-0.3, -0.25) is 4.90 Å². The number of fused-ring (bicyclic) bond motifs is 2. The van der Waals surface area contributed by atoms with Gasteiger partial charge in [0.25, 0.3) is 0 Å². The van der Waals surface area contributed by atoms with Gasteiger partial charge in [-0.1, -0.05) is 0 Å². The molecule has 2 heterocycles. The zero-order valence-electron chi connectivity index (χ0n) is 21.4. The maximum atomic E-state index is 14.3. The first-order valence-electron chi connectivity index (χ1n) is 13.3. The van der Waals surface area contributed by atoms with Gasteiger partial charge in [-0.25, -0.2) is 17.6 Å². The molecule has 5 rings (SSSR count). The smallest absolute Gasteiger partial charge is 0.428 e. The summed E-state index contributed by atoms with van der Waals surface area (Å²) in [5.74, 6) is -0.419. The molecule has 4 aliphatic rings. The molecule has 2 saturated heterocycles. The van der Waals surface area contributed by atoms with Crippen molar-refractivity contribution in [2.45, 2.75) is 92.6 Å². The molecule has 2 aliphatic carbocycles. The zero-order valence-corrected chi connectivity index (χ0v) is 22.2. The minimum Gasteiger partial charge on any atom is -0.490 e. The van der Waals surface area contributed by atoms with Gasteiger partial charge in [0.05, 0.1) is 11.5 Å². The molecule has 0 spiro atoms. The van der Waals surface area contributed by atoms with Crippen molar-refractivity contribution in [3.8, 4) is 5.75 Å². The number of amides is 1. The molecule has 0 N–H and O–H groups in total. The Morgan fingerprint density at radius 1 is 1.03 bits per heavy atom. The fourth-order valence-corrected chi connectivity index (χ4v) is 7.13. The number of rotatable bonds is 6. The lowest BCUT2D eigenvalue weighted by molar-refractivity contribution is -0.286. The molecule has 2 bridgehead atoms. The van der Waals surface area contributed by atoms with Crippen molar-refractivity contribution in [3.05, 3.63) is 24.0 Å². The summed E-state index contributed by atoms with van der Waals surface area (Å²) in [6, 6.07) is 4.23. The molecule has 38 heavy (non-hydrogen) atoms. The highest BCUT2D eigenvalue weighted by atomic mass is 32.2. The van der Waals surface area contributed by atoms with Gasteiger partial charge in [-0.15, -0.1) is 0 Å². The summed E-state index contributed by atoms with van der Waals surface area (Å²) in [5, 5.41) is 0. The molecule has 1 aromatic carbocycles. The standard InChI is InChI=1S/C26H34F4N2O5S/c1-38(34,35)21-9-10-23(22(27)13-21)36-16-17-3-5-18(6-4-17)32-19-7-8-20(32)15-31(14-19)24(33)37-25(11-2-12-25)26(28,29)30/h9-10,13,17-20H,2-8,11-12,14-16H2,1H3. The predicted octanol–water partition coefficient (Wildman–Crippen LogP) is 4.94. The van der Waals surface area contributed by atoms with Gasteiger partial charge in [0, 0.05) is 37.5 Å². The zero-order chi connectivity index (χ0) is 27.3. The molecule has 1 aromatic rings. The molecule has 4 fully saturated rings. The Labute approximate surface area is 220 Å². The first-order valence-corrected chi connectivity index (χ1v) is 15.2. The van der Waals surface area contributed by atoms with E-state index in [1.165, 1.54) is 17.0 Å². The van der Waals surface area contributed by atoms with Crippen molar-refractivity contribution >= 4 is 15.9 Å². The lowest BCUT2D eigenvalue weighted by atomic mass is 9.79. The summed E-state index contributed by atoms with van der Waals surface area (Å²) < 4.78 is 88.6. The molecule has 2 aliphatic heterocycles. The van der Waals surface area contributed by atoms with E-state index in [2.05, 4.69) is 4.90 Å². The van der Waals surface area contributed by atoms with E-state index in [1.807, 2.05) is 0 Å². The average molecular weight is 563 g/mol. The molecule has 0 radical (unpaired) electrons. The van der Waals surface area contributed by atoms with Crippen LogP contribution in [-0.2, 0) is 14.6 Å². The van der Waals surface area contributed by atoms with Gasteiger partial charge in [-0.2, -0.15) is 13.2 Å². The third kappa shape index (κ3) is 5.35. The fraction of sp³-hybridized carbons (Fsp3) is 0.731. The number of halogens is 4. The highest BCUT2D eigenvalue weighted by Gasteiger charge is 2.62. The minimum absolute atomic E-state index is 0.0368. The van der Waals surface area contributed by atoms with Gasteiger partial charge in [-0.05, 0) is 81.9 Å². The fourth-order valence-electron chi connectivity index (χ4n) is 6.50. The first-order chi connectivity index (χ1) is 17.9. The summed E-state index contributed by atoms with van der Waals surface area (Å²) >= 11 is 0. The Morgan fingerprint density at radius 3 is 2.13 bits per heavy atom. The highest BCUT2D eigenvalue weighted by Crippen LogP contribution is 2.48. The number of piperazine rings is 1. The third-order valence-electron chi connectivity index (χ3n) is 8.80. The van der Waals surface area contributed by atoms with Crippen LogP contribution in [0, 0.1) is 11.7 Å². The van der Waals surface area contributed by atoms with Crippen LogP contribution in [0.3, 0.4) is 0 Å². The van der Waals surface area contributed by atoms with E-state index >= 15 is 0 Å². The average Bonchev–Trinajstić information content (AvgIpc) is 3.08. The number of likely N-dealkylation sites (tertiary alicyclic amines) is 1. The van der Waals surface area contributed by atoms with Gasteiger partial charge in [0.2, 0.25) is 5.60 Å². The van der Waals surface area contributed by atoms with Crippen LogP contribution < -0.4 is 4.74 Å². The molecule has 2 saturated carbocycles. The second kappa shape index (κ2) is 10.1. The van der Waals surface area contributed by atoms with E-state index in [9.17, 15) is 30.8 Å². The van der Waals surface area contributed by atoms with Gasteiger partial charge in [0.15, 0.2) is 21.4 Å². The van der Waals surface area contributed by atoms with E-state index in [0.717, 1.165) is 50.8 Å². The Kier molecular flexibility index (Phi) is 7.34. The van der Waals surface area contributed by atoms with Crippen LogP contribution in [0.15, 0.2) is 23.1 Å². The molecule has 12 heteroatoms. The van der Waals surface area contributed by atoms with E-state index in [0.29, 0.717) is 32.2 Å². The molecule has 2 atom stereocenters. The number of nitrogens with zero attached hydrogens (tertiary/aromatic N) is 2. The van der Waals surface area contributed by atoms with E-state index in [4.69, 9.17) is 9.47 Å². The van der Waals surface area contributed by atoms with Crippen molar-refractivity contribution in [3.63, 3.8) is 0 Å². The van der Waals surface area contributed by atoms with Crippen molar-refractivity contribution in [1.29, 1.82) is 0 Å². The molecule has 7 nitrogen and oxygen atoms in total. The van der Waals surface area contributed by atoms with Crippen LogP contribution in [0.2, 0.25) is 0 Å². The van der Waals surface area contributed by atoms with Crippen LogP contribution in [0.4, 0.5) is 22.4 Å². The number of benzene rings is 1. The van der Waals surface area contributed by atoms with Crippen LogP contribution in [0.5, 0.6) is 5.75 Å². The van der Waals surface area contributed by atoms with E-state index < -0.39 is 33.5 Å². The predicted molar refractivity (Wildman–Crippen MR) is 130 cm³/mol. The van der Waals surface area contributed by atoms with Crippen LogP contribution >= 0.6 is 0 Å². The maximum Gasteiger partial charge on any atom is 0.428 e. The Hall–Kier alpha value is -2.08. The van der Waals surface area contributed by atoms with Crippen molar-refractivity contribution in [2.24, 2.45) is 5.92 Å². The summed E-state index contributed by atoms with van der Waals surface area (Å²) in [4.78, 5) is 16.5. The molecular formula is C26H34F4N2O5S. The number of carbonyl (C=O) groups excluding carboxylic acids is 1. The molecule has 2 unspecified atom stereocenters. The minimum atomic E-state index is -4.55. The SMILES string of the molecule is CS(=O)(=O)c1ccc(OCC2CCC(N3C4CCC3CN(C(=O)OC3(C(F)(F)F)CCC3)C4)CC2)c(F)c1. The highest BCUT2D eigenvalue weighted by molar-refractivity contribution is 7.90. The van der Waals surface area contributed by atoms with Gasteiger partial charge in [0.1, 0.15) is 0 Å². The number of hydrogen-bond acceptors (Lipinski definition) is 6. The molecule has 0 aromatic heterocycles. The number of ether oxygens (including phenoxy) is 2. The quantitative estimate of drug-likeness (QED) is 0.458. The van der Waals surface area contributed by atoms with Crippen molar-refractivity contribution < 1.29 is 40.2 Å². The topological polar surface area (TPSA) is 76.2 Å². The summed E-state index contributed by atoms with van der Waals surface area (Å²) in [6.07, 6.45) is 1.16. The molecule has 212 valence electrons.